The Balaban J connectivity index is 0.710. The second-order valence-corrected chi connectivity index (χ2v) is 22.9. The lowest BCUT2D eigenvalue weighted by Crippen LogP contribution is -2.58. The molecule has 400 valence electrons. The lowest BCUT2D eigenvalue weighted by Gasteiger charge is -2.35. The van der Waals surface area contributed by atoms with Gasteiger partial charge in [-0.3, -0.25) is 29.5 Å². The second kappa shape index (κ2) is 23.8. The molecule has 0 spiro atoms. The molecule has 1 saturated carbocycles. The highest BCUT2D eigenvalue weighted by atomic mass is 32.1. The molecule has 6 aromatic rings. The molecule has 5 amide bonds. The average Bonchev–Trinajstić information content (AvgIpc) is 4.15. The minimum atomic E-state index is -1.02. The van der Waals surface area contributed by atoms with Crippen molar-refractivity contribution < 1.29 is 38.6 Å². The number of hydrogen-bond acceptors (Lipinski definition) is 16. The van der Waals surface area contributed by atoms with Crippen molar-refractivity contribution in [1.82, 2.24) is 40.5 Å². The topological polar surface area (TPSA) is 243 Å². The number of anilines is 3. The number of aromatic nitrogens is 5. The summed E-state index contributed by atoms with van der Waals surface area (Å²) in [4.78, 5) is 93.9. The van der Waals surface area contributed by atoms with E-state index in [1.807, 2.05) is 93.6 Å². The maximum Gasteiger partial charge on any atom is 0.411 e. The monoisotopic (exact) mass is 1070 g/mol. The minimum absolute atomic E-state index is 0.0412. The maximum atomic E-state index is 14.1. The number of aliphatic hydroxyl groups is 1. The molecule has 2 saturated heterocycles. The molecule has 0 bridgehead atoms. The quantitative estimate of drug-likeness (QED) is 0.0614. The van der Waals surface area contributed by atoms with Crippen molar-refractivity contribution in [2.24, 2.45) is 11.3 Å². The van der Waals surface area contributed by atoms with Crippen molar-refractivity contribution >= 4 is 79.4 Å². The zero-order chi connectivity index (χ0) is 53.5. The van der Waals surface area contributed by atoms with Crippen LogP contribution in [0.4, 0.5) is 21.6 Å². The van der Waals surface area contributed by atoms with Gasteiger partial charge >= 0.3 is 6.09 Å². The molecule has 3 aliphatic rings. The van der Waals surface area contributed by atoms with E-state index in [1.165, 1.54) is 35.1 Å². The van der Waals surface area contributed by atoms with E-state index in [1.54, 1.807) is 17.5 Å². The first kappa shape index (κ1) is 53.7. The molecule has 1 aliphatic carbocycles. The van der Waals surface area contributed by atoms with Crippen LogP contribution >= 0.6 is 22.7 Å². The zero-order valence-corrected chi connectivity index (χ0v) is 45.1. The summed E-state index contributed by atoms with van der Waals surface area (Å²) in [6.07, 6.45) is 10.4. The SMILES string of the molecule is Cc1ncc(-c2ccc3nc(NC(=O)CC4CCN(c5ncc(OCC(=O)N[C@H](C(=O)N6C[C@H](O)C[C@H]6C(=O)NCc6ccc(-c7scnc7C)cc6)C(C)(C)C)cn5)CC4)sc3c2)cc1NC(=O)OC1CCCCC1. The predicted molar refractivity (Wildman–Crippen MR) is 292 cm³/mol. The van der Waals surface area contributed by atoms with Crippen molar-refractivity contribution in [3.63, 3.8) is 0 Å². The smallest absolute Gasteiger partial charge is 0.411 e. The number of carbonyl (C=O) groups is 5. The molecule has 6 heterocycles. The van der Waals surface area contributed by atoms with E-state index in [-0.39, 0.29) is 49.1 Å². The minimum Gasteiger partial charge on any atom is -0.481 e. The lowest BCUT2D eigenvalue weighted by molar-refractivity contribution is -0.144. The first-order chi connectivity index (χ1) is 36.5. The highest BCUT2D eigenvalue weighted by molar-refractivity contribution is 7.22. The largest absolute Gasteiger partial charge is 0.481 e. The number of fused-ring (bicyclic) bond motifs is 1. The zero-order valence-electron chi connectivity index (χ0n) is 43.5. The number of nitrogens with zero attached hydrogens (tertiary/aromatic N) is 7. The van der Waals surface area contributed by atoms with Crippen LogP contribution in [0.3, 0.4) is 0 Å². The van der Waals surface area contributed by atoms with Crippen LogP contribution in [-0.2, 0) is 30.5 Å². The Labute approximate surface area is 449 Å². The Kier molecular flexibility index (Phi) is 16.9. The third kappa shape index (κ3) is 13.5. The van der Waals surface area contributed by atoms with Crippen LogP contribution in [0.2, 0.25) is 0 Å². The molecule has 9 rings (SSSR count). The van der Waals surface area contributed by atoms with E-state index < -0.39 is 48.1 Å². The number of nitrogens with one attached hydrogen (secondary N) is 4. The van der Waals surface area contributed by atoms with Crippen molar-refractivity contribution in [1.29, 1.82) is 0 Å². The van der Waals surface area contributed by atoms with Gasteiger partial charge in [0.05, 0.1) is 56.2 Å². The summed E-state index contributed by atoms with van der Waals surface area (Å²) in [7, 11) is 0. The number of amides is 5. The number of aliphatic hydroxyl groups excluding tert-OH is 1. The van der Waals surface area contributed by atoms with E-state index >= 15 is 0 Å². The molecule has 21 heteroatoms. The average molecular weight is 1070 g/mol. The number of aryl methyl sites for hydroxylation is 2. The normalized spacial score (nSPS) is 17.8. The predicted octanol–water partition coefficient (Wildman–Crippen LogP) is 8.20. The van der Waals surface area contributed by atoms with Gasteiger partial charge in [0.25, 0.3) is 5.91 Å². The van der Waals surface area contributed by atoms with E-state index in [0.717, 1.165) is 81.6 Å². The number of piperidine rings is 1. The summed E-state index contributed by atoms with van der Waals surface area (Å²) in [5.41, 5.74) is 7.73. The molecular weight excluding hydrogens is 1010 g/mol. The first-order valence-electron chi connectivity index (χ1n) is 25.9. The number of likely N-dealkylation sites (tertiary alicyclic amines) is 1. The van der Waals surface area contributed by atoms with E-state index in [0.29, 0.717) is 42.0 Å². The van der Waals surface area contributed by atoms with Crippen LogP contribution in [-0.4, -0.2) is 115 Å². The third-order valence-corrected chi connectivity index (χ3v) is 16.1. The number of rotatable bonds is 16. The fraction of sp³-hybridized carbons (Fsp3) is 0.455. The Hall–Kier alpha value is -7.10. The molecule has 2 aromatic carbocycles. The fourth-order valence-electron chi connectivity index (χ4n) is 9.90. The molecule has 4 aromatic heterocycles. The van der Waals surface area contributed by atoms with Gasteiger partial charge in [0, 0.05) is 50.8 Å². The standard InChI is InChI=1S/C55H65N11O8S2/c1-32-43(62-54(72)74-40-9-7-6-8-10-40)22-38(26-56-32)37-15-16-42-45(23-37)76-53(61-42)64-46(68)21-34-17-19-65(20-18-34)52-58-27-41(28-59-52)73-30-47(69)63-49(55(3,4)5)51(71)66-29-39(67)24-44(66)50(70)57-25-35-11-13-36(14-12-35)48-33(2)60-31-75-48/h11-16,22-23,26-28,31,34,39-40,44,49,67H,6-10,17-21,24-25,29-30H2,1-5H3,(H,57,70)(H,62,72)(H,63,69)(H,61,64,68)/t39-,44+,49-/m1/s1. The molecule has 5 N–H and O–H groups in total. The molecule has 3 fully saturated rings. The Morgan fingerprint density at radius 2 is 1.57 bits per heavy atom. The second-order valence-electron chi connectivity index (χ2n) is 21.0. The number of hydrogen-bond donors (Lipinski definition) is 5. The van der Waals surface area contributed by atoms with Crippen LogP contribution in [0.15, 0.2) is 72.6 Å². The van der Waals surface area contributed by atoms with E-state index in [9.17, 15) is 29.1 Å². The first-order valence-corrected chi connectivity index (χ1v) is 27.6. The summed E-state index contributed by atoms with van der Waals surface area (Å²) in [6.45, 7) is 10.4. The number of β-amino-alcohol motifs (C(OH)–C–C–N with tert-alkyl or cyclic N) is 1. The number of ether oxygens (including phenoxy) is 2. The van der Waals surface area contributed by atoms with Gasteiger partial charge in [0.2, 0.25) is 23.7 Å². The van der Waals surface area contributed by atoms with E-state index in [4.69, 9.17) is 9.47 Å². The molecule has 76 heavy (non-hydrogen) atoms. The number of carbonyl (C=O) groups excluding carboxylic acids is 5. The Bertz CT molecular complexity index is 3040. The lowest BCUT2D eigenvalue weighted by atomic mass is 9.85. The van der Waals surface area contributed by atoms with Gasteiger partial charge in [-0.2, -0.15) is 0 Å². The molecular formula is C55H65N11O8S2. The third-order valence-electron chi connectivity index (χ3n) is 14.2. The van der Waals surface area contributed by atoms with Crippen molar-refractivity contribution in [3.05, 3.63) is 89.6 Å². The summed E-state index contributed by atoms with van der Waals surface area (Å²) in [5.74, 6) is -0.581. The van der Waals surface area contributed by atoms with Crippen LogP contribution in [0.1, 0.15) is 95.5 Å². The fourth-order valence-corrected chi connectivity index (χ4v) is 11.6. The molecule has 0 unspecified atom stereocenters. The van der Waals surface area contributed by atoms with Crippen molar-refractivity contribution in [3.8, 4) is 27.3 Å². The summed E-state index contributed by atoms with van der Waals surface area (Å²) >= 11 is 2.97. The van der Waals surface area contributed by atoms with Crippen molar-refractivity contribution in [2.75, 3.05) is 41.8 Å². The number of benzene rings is 2. The highest BCUT2D eigenvalue weighted by Gasteiger charge is 2.44. The van der Waals surface area contributed by atoms with Gasteiger partial charge in [-0.25, -0.2) is 24.7 Å². The number of thiazole rings is 2. The molecule has 3 atom stereocenters. The maximum absolute atomic E-state index is 14.1. The van der Waals surface area contributed by atoms with Crippen LogP contribution in [0.5, 0.6) is 5.75 Å². The highest BCUT2D eigenvalue weighted by Crippen LogP contribution is 2.34. The Morgan fingerprint density at radius 3 is 2.28 bits per heavy atom. The van der Waals surface area contributed by atoms with E-state index in [2.05, 4.69) is 46.2 Å². The van der Waals surface area contributed by atoms with Crippen LogP contribution in [0, 0.1) is 25.2 Å². The van der Waals surface area contributed by atoms with Gasteiger partial charge in [-0.1, -0.05) is 68.9 Å². The van der Waals surface area contributed by atoms with Gasteiger partial charge in [0.1, 0.15) is 18.2 Å². The molecule has 0 radical (unpaired) electrons. The summed E-state index contributed by atoms with van der Waals surface area (Å²) < 4.78 is 12.3. The van der Waals surface area contributed by atoms with Gasteiger partial charge < -0.3 is 40.3 Å². The van der Waals surface area contributed by atoms with Gasteiger partial charge in [-0.15, -0.1) is 11.3 Å². The van der Waals surface area contributed by atoms with Gasteiger partial charge in [-0.05, 0) is 98.6 Å². The summed E-state index contributed by atoms with van der Waals surface area (Å²) in [6, 6.07) is 13.7. The van der Waals surface area contributed by atoms with Crippen LogP contribution in [0.25, 0.3) is 31.8 Å². The van der Waals surface area contributed by atoms with Crippen molar-refractivity contribution in [2.45, 2.75) is 123 Å². The molecule has 19 nitrogen and oxygen atoms in total. The van der Waals surface area contributed by atoms with Crippen LogP contribution < -0.4 is 30.9 Å². The Morgan fingerprint density at radius 1 is 0.829 bits per heavy atom. The summed E-state index contributed by atoms with van der Waals surface area (Å²) in [5, 5.41) is 22.8. The van der Waals surface area contributed by atoms with Gasteiger partial charge in [0.15, 0.2) is 17.5 Å². The number of pyridine rings is 1. The molecule has 2 aliphatic heterocycles.